The molecule has 2 aliphatic rings. The summed E-state index contributed by atoms with van der Waals surface area (Å²) in [7, 11) is 0. The molecule has 0 aliphatic carbocycles. The number of hydrogen-bond donors (Lipinski definition) is 1. The number of alkyl halides is 3. The first kappa shape index (κ1) is 19.2. The van der Waals surface area contributed by atoms with E-state index in [9.17, 15) is 27.2 Å². The van der Waals surface area contributed by atoms with Gasteiger partial charge >= 0.3 is 12.2 Å². The van der Waals surface area contributed by atoms with Crippen LogP contribution in [0.2, 0.25) is 0 Å². The highest BCUT2D eigenvalue weighted by molar-refractivity contribution is 6.47. The maximum Gasteiger partial charge on any atom is 0.420 e. The third kappa shape index (κ3) is 3.39. The first-order valence-corrected chi connectivity index (χ1v) is 8.50. The molecular formula is C16H10ClF4N5O3. The Balaban J connectivity index is 1.61. The highest BCUT2D eigenvalue weighted by atomic mass is 35.5. The molecule has 2 aliphatic heterocycles. The van der Waals surface area contributed by atoms with E-state index in [4.69, 9.17) is 16.3 Å². The van der Waals surface area contributed by atoms with Gasteiger partial charge in [0.1, 0.15) is 27.9 Å². The lowest BCUT2D eigenvalue weighted by atomic mass is 10.2. The quantitative estimate of drug-likeness (QED) is 0.592. The van der Waals surface area contributed by atoms with Crippen LogP contribution in [0.5, 0.6) is 11.8 Å². The van der Waals surface area contributed by atoms with Crippen LogP contribution >= 0.6 is 11.6 Å². The molecule has 8 nitrogen and oxygen atoms in total. The summed E-state index contributed by atoms with van der Waals surface area (Å²) in [5, 5.41) is 9.42. The van der Waals surface area contributed by atoms with Crippen molar-refractivity contribution in [1.29, 1.82) is 0 Å². The number of nitrogens with one attached hydrogen (secondary N) is 1. The Morgan fingerprint density at radius 2 is 1.90 bits per heavy atom. The minimum Gasteiger partial charge on any atom is -0.424 e. The number of fused-ring (bicyclic) bond motifs is 1. The molecule has 0 spiro atoms. The molecule has 1 aromatic heterocycles. The van der Waals surface area contributed by atoms with Crippen molar-refractivity contribution in [3.8, 4) is 11.8 Å². The zero-order valence-corrected chi connectivity index (χ0v) is 15.0. The SMILES string of the molecule is O=C1NC(=O)C(N2CCn3c(nnc3Oc3ccc(F)cc3C(F)(F)F)C2)=C1Cl. The van der Waals surface area contributed by atoms with E-state index < -0.39 is 35.1 Å². The third-order valence-corrected chi connectivity index (χ3v) is 4.68. The van der Waals surface area contributed by atoms with E-state index in [1.165, 1.54) is 9.47 Å². The van der Waals surface area contributed by atoms with E-state index in [1.807, 2.05) is 0 Å². The molecule has 0 fully saturated rings. The van der Waals surface area contributed by atoms with Gasteiger partial charge in [-0.25, -0.2) is 4.39 Å². The summed E-state index contributed by atoms with van der Waals surface area (Å²) in [6.07, 6.45) is -4.83. The zero-order valence-electron chi connectivity index (χ0n) is 14.3. The third-order valence-electron chi connectivity index (χ3n) is 4.33. The Bertz CT molecular complexity index is 1070. The van der Waals surface area contributed by atoms with Gasteiger partial charge in [0.05, 0.1) is 6.54 Å². The molecule has 0 atom stereocenters. The predicted octanol–water partition coefficient (Wildman–Crippen LogP) is 2.15. The van der Waals surface area contributed by atoms with Gasteiger partial charge < -0.3 is 9.64 Å². The van der Waals surface area contributed by atoms with E-state index in [2.05, 4.69) is 15.5 Å². The van der Waals surface area contributed by atoms with Gasteiger partial charge in [-0.05, 0) is 18.2 Å². The fourth-order valence-corrected chi connectivity index (χ4v) is 3.27. The van der Waals surface area contributed by atoms with Gasteiger partial charge in [-0.15, -0.1) is 5.10 Å². The van der Waals surface area contributed by atoms with Crippen LogP contribution in [0.4, 0.5) is 17.6 Å². The van der Waals surface area contributed by atoms with Crippen molar-refractivity contribution >= 4 is 23.4 Å². The average Bonchev–Trinajstić information content (AvgIpc) is 3.15. The summed E-state index contributed by atoms with van der Waals surface area (Å²) in [5.74, 6) is -2.75. The second kappa shape index (κ2) is 6.72. The molecule has 152 valence electrons. The minimum atomic E-state index is -4.83. The Morgan fingerprint density at radius 3 is 2.55 bits per heavy atom. The van der Waals surface area contributed by atoms with E-state index in [0.717, 1.165) is 12.1 Å². The van der Waals surface area contributed by atoms with Crippen LogP contribution in [-0.2, 0) is 28.9 Å². The van der Waals surface area contributed by atoms with Gasteiger partial charge in [-0.2, -0.15) is 13.2 Å². The van der Waals surface area contributed by atoms with Crippen LogP contribution < -0.4 is 10.1 Å². The number of ether oxygens (including phenoxy) is 1. The standard InChI is InChI=1S/C16H10ClF4N5O3/c17-11-12(14(28)22-13(11)27)25-3-4-26-10(6-25)23-24-15(26)29-9-2-1-7(18)5-8(9)16(19,20)21/h1-2,5H,3-4,6H2,(H,22,27,28). The monoisotopic (exact) mass is 431 g/mol. The van der Waals surface area contributed by atoms with E-state index in [1.54, 1.807) is 0 Å². The summed E-state index contributed by atoms with van der Waals surface area (Å²) in [5.41, 5.74) is -1.29. The lowest BCUT2D eigenvalue weighted by molar-refractivity contribution is -0.138. The second-order valence-electron chi connectivity index (χ2n) is 6.16. The Labute approximate surface area is 164 Å². The molecule has 2 aromatic rings. The van der Waals surface area contributed by atoms with Gasteiger partial charge in [0, 0.05) is 13.1 Å². The fraction of sp³-hybridized carbons (Fsp3) is 0.250. The summed E-state index contributed by atoms with van der Waals surface area (Å²) in [6, 6.07) is 1.80. The molecule has 1 aromatic carbocycles. The first-order chi connectivity index (χ1) is 13.6. The number of nitrogens with zero attached hydrogens (tertiary/aromatic N) is 4. The minimum absolute atomic E-state index is 0.00808. The molecular weight excluding hydrogens is 422 g/mol. The summed E-state index contributed by atoms with van der Waals surface area (Å²) in [4.78, 5) is 24.9. The molecule has 13 heteroatoms. The number of benzene rings is 1. The Hall–Kier alpha value is -3.15. The van der Waals surface area contributed by atoms with Crippen LogP contribution in [-0.4, -0.2) is 38.0 Å². The molecule has 3 heterocycles. The number of amides is 2. The van der Waals surface area contributed by atoms with E-state index in [0.29, 0.717) is 6.07 Å². The first-order valence-electron chi connectivity index (χ1n) is 8.12. The summed E-state index contributed by atoms with van der Waals surface area (Å²) >= 11 is 5.87. The van der Waals surface area contributed by atoms with Gasteiger partial charge in [0.2, 0.25) is 0 Å². The predicted molar refractivity (Wildman–Crippen MR) is 87.9 cm³/mol. The number of carbonyl (C=O) groups excluding carboxylic acids is 2. The molecule has 2 amide bonds. The number of carbonyl (C=O) groups is 2. The maximum absolute atomic E-state index is 13.2. The molecule has 0 radical (unpaired) electrons. The molecule has 4 rings (SSSR count). The second-order valence-corrected chi connectivity index (χ2v) is 6.54. The van der Waals surface area contributed by atoms with Crippen molar-refractivity contribution in [3.05, 3.63) is 46.1 Å². The Morgan fingerprint density at radius 1 is 1.14 bits per heavy atom. The van der Waals surface area contributed by atoms with Crippen molar-refractivity contribution in [2.75, 3.05) is 6.54 Å². The smallest absolute Gasteiger partial charge is 0.420 e. The van der Waals surface area contributed by atoms with Gasteiger partial charge in [0.25, 0.3) is 11.8 Å². The number of aromatic nitrogens is 3. The summed E-state index contributed by atoms with van der Waals surface area (Å²) < 4.78 is 59.4. The lowest BCUT2D eigenvalue weighted by Crippen LogP contribution is -2.37. The van der Waals surface area contributed by atoms with Crippen molar-refractivity contribution in [1.82, 2.24) is 25.0 Å². The van der Waals surface area contributed by atoms with Crippen molar-refractivity contribution < 1.29 is 31.9 Å². The number of hydrogen-bond acceptors (Lipinski definition) is 6. The molecule has 0 unspecified atom stereocenters. The molecule has 0 bridgehead atoms. The van der Waals surface area contributed by atoms with Crippen LogP contribution in [0.3, 0.4) is 0 Å². The molecule has 29 heavy (non-hydrogen) atoms. The van der Waals surface area contributed by atoms with Gasteiger partial charge in [-0.3, -0.25) is 19.5 Å². The number of imide groups is 1. The van der Waals surface area contributed by atoms with Crippen molar-refractivity contribution in [3.63, 3.8) is 0 Å². The van der Waals surface area contributed by atoms with E-state index >= 15 is 0 Å². The summed E-state index contributed by atoms with van der Waals surface area (Å²) in [6.45, 7) is 0.372. The van der Waals surface area contributed by atoms with Gasteiger partial charge in [-0.1, -0.05) is 16.7 Å². The zero-order chi connectivity index (χ0) is 20.9. The number of halogens is 5. The molecule has 0 saturated heterocycles. The molecule has 0 saturated carbocycles. The van der Waals surface area contributed by atoms with Crippen molar-refractivity contribution in [2.45, 2.75) is 19.3 Å². The topological polar surface area (TPSA) is 89.4 Å². The van der Waals surface area contributed by atoms with E-state index in [-0.39, 0.29) is 42.2 Å². The number of rotatable bonds is 3. The Kier molecular flexibility index (Phi) is 4.45. The van der Waals surface area contributed by atoms with Crippen LogP contribution in [0.1, 0.15) is 11.4 Å². The highest BCUT2D eigenvalue weighted by Crippen LogP contribution is 2.38. The maximum atomic E-state index is 13.2. The van der Waals surface area contributed by atoms with Crippen LogP contribution in [0.15, 0.2) is 28.9 Å². The highest BCUT2D eigenvalue weighted by Gasteiger charge is 2.37. The van der Waals surface area contributed by atoms with Crippen LogP contribution in [0.25, 0.3) is 0 Å². The molecule has 1 N–H and O–H groups in total. The largest absolute Gasteiger partial charge is 0.424 e. The fourth-order valence-electron chi connectivity index (χ4n) is 3.02. The lowest BCUT2D eigenvalue weighted by Gasteiger charge is -2.29. The van der Waals surface area contributed by atoms with Crippen molar-refractivity contribution in [2.24, 2.45) is 0 Å². The average molecular weight is 432 g/mol. The van der Waals surface area contributed by atoms with Crippen LogP contribution in [0, 0.1) is 5.82 Å². The normalized spacial score (nSPS) is 16.9. The van der Waals surface area contributed by atoms with Gasteiger partial charge in [0.15, 0.2) is 5.82 Å².